The first kappa shape index (κ1) is 16.9. The number of aryl methyl sites for hydroxylation is 1. The van der Waals surface area contributed by atoms with Gasteiger partial charge in [0.25, 0.3) is 0 Å². The highest BCUT2D eigenvalue weighted by molar-refractivity contribution is 5.89. The number of carbonyl (C=O) groups excluding carboxylic acids is 1. The third kappa shape index (κ3) is 5.76. The SMILES string of the molecule is Cc1ccc(F)c(NC(=O)NCCCCCC(=O)O)c1F. The minimum Gasteiger partial charge on any atom is -0.481 e. The Morgan fingerprint density at radius 1 is 1.19 bits per heavy atom. The first-order valence-electron chi connectivity index (χ1n) is 6.63. The van der Waals surface area contributed by atoms with Gasteiger partial charge < -0.3 is 15.7 Å². The van der Waals surface area contributed by atoms with Crippen molar-refractivity contribution < 1.29 is 23.5 Å². The molecule has 1 rings (SSSR count). The fourth-order valence-corrected chi connectivity index (χ4v) is 1.71. The fourth-order valence-electron chi connectivity index (χ4n) is 1.71. The van der Waals surface area contributed by atoms with Gasteiger partial charge in [-0.25, -0.2) is 13.6 Å². The van der Waals surface area contributed by atoms with Gasteiger partial charge in [0, 0.05) is 13.0 Å². The highest BCUT2D eigenvalue weighted by Gasteiger charge is 2.13. The number of carboxylic acid groups (broad SMARTS) is 1. The number of hydrogen-bond donors (Lipinski definition) is 3. The van der Waals surface area contributed by atoms with E-state index in [9.17, 15) is 18.4 Å². The molecular weight excluding hydrogens is 282 g/mol. The number of urea groups is 1. The number of amides is 2. The number of benzene rings is 1. The second kappa shape index (κ2) is 8.18. The van der Waals surface area contributed by atoms with E-state index in [1.54, 1.807) is 0 Å². The maximum absolute atomic E-state index is 13.6. The standard InChI is InChI=1S/C14H18F2N2O3/c1-9-6-7-10(15)13(12(9)16)18-14(21)17-8-4-2-3-5-11(19)20/h6-7H,2-5,8H2,1H3,(H,19,20)(H2,17,18,21). The summed E-state index contributed by atoms with van der Waals surface area (Å²) in [4.78, 5) is 21.8. The third-order valence-electron chi connectivity index (χ3n) is 2.88. The topological polar surface area (TPSA) is 78.4 Å². The summed E-state index contributed by atoms with van der Waals surface area (Å²) in [5, 5.41) is 13.0. The highest BCUT2D eigenvalue weighted by Crippen LogP contribution is 2.21. The normalized spacial score (nSPS) is 10.2. The summed E-state index contributed by atoms with van der Waals surface area (Å²) in [6.07, 6.45) is 1.87. The van der Waals surface area contributed by atoms with Gasteiger partial charge in [0.05, 0.1) is 0 Å². The molecule has 5 nitrogen and oxygen atoms in total. The molecule has 7 heteroatoms. The second-order valence-electron chi connectivity index (χ2n) is 4.64. The van der Waals surface area contributed by atoms with E-state index in [0.717, 1.165) is 6.07 Å². The molecule has 0 heterocycles. The van der Waals surface area contributed by atoms with Crippen molar-refractivity contribution >= 4 is 17.7 Å². The van der Waals surface area contributed by atoms with Crippen LogP contribution in [0.1, 0.15) is 31.2 Å². The monoisotopic (exact) mass is 300 g/mol. The third-order valence-corrected chi connectivity index (χ3v) is 2.88. The summed E-state index contributed by atoms with van der Waals surface area (Å²) in [6, 6.07) is 1.67. The maximum atomic E-state index is 13.6. The lowest BCUT2D eigenvalue weighted by atomic mass is 10.2. The van der Waals surface area contributed by atoms with Crippen molar-refractivity contribution in [2.24, 2.45) is 0 Å². The number of rotatable bonds is 7. The average Bonchev–Trinajstić information content (AvgIpc) is 2.43. The molecule has 1 aromatic carbocycles. The molecular formula is C14H18F2N2O3. The highest BCUT2D eigenvalue weighted by atomic mass is 19.1. The number of aliphatic carboxylic acids is 1. The molecule has 0 saturated carbocycles. The number of hydrogen-bond acceptors (Lipinski definition) is 2. The molecule has 0 radical (unpaired) electrons. The quantitative estimate of drug-likeness (QED) is 0.677. The second-order valence-corrected chi connectivity index (χ2v) is 4.64. The van der Waals surface area contributed by atoms with Crippen LogP contribution in [0.4, 0.5) is 19.3 Å². The average molecular weight is 300 g/mol. The van der Waals surface area contributed by atoms with E-state index in [1.807, 2.05) is 0 Å². The van der Waals surface area contributed by atoms with Crippen LogP contribution in [0.25, 0.3) is 0 Å². The van der Waals surface area contributed by atoms with E-state index in [0.29, 0.717) is 25.8 Å². The van der Waals surface area contributed by atoms with Gasteiger partial charge in [-0.1, -0.05) is 12.5 Å². The maximum Gasteiger partial charge on any atom is 0.319 e. The molecule has 0 aromatic heterocycles. The summed E-state index contributed by atoms with van der Waals surface area (Å²) >= 11 is 0. The predicted octanol–water partition coefficient (Wildman–Crippen LogP) is 3.04. The minimum absolute atomic E-state index is 0.0892. The van der Waals surface area contributed by atoms with Crippen LogP contribution in [0.5, 0.6) is 0 Å². The molecule has 116 valence electrons. The van der Waals surface area contributed by atoms with E-state index < -0.39 is 29.3 Å². The van der Waals surface area contributed by atoms with Gasteiger partial charge in [0.1, 0.15) is 11.5 Å². The van der Waals surface area contributed by atoms with Crippen molar-refractivity contribution in [2.45, 2.75) is 32.6 Å². The molecule has 0 saturated heterocycles. The van der Waals surface area contributed by atoms with Crippen LogP contribution < -0.4 is 10.6 Å². The smallest absolute Gasteiger partial charge is 0.319 e. The first-order chi connectivity index (χ1) is 9.91. The largest absolute Gasteiger partial charge is 0.481 e. The first-order valence-corrected chi connectivity index (χ1v) is 6.63. The lowest BCUT2D eigenvalue weighted by Crippen LogP contribution is -2.30. The minimum atomic E-state index is -0.855. The van der Waals surface area contributed by atoms with Gasteiger partial charge >= 0.3 is 12.0 Å². The number of carbonyl (C=O) groups is 2. The zero-order chi connectivity index (χ0) is 15.8. The lowest BCUT2D eigenvalue weighted by Gasteiger charge is -2.10. The molecule has 2 amide bonds. The van der Waals surface area contributed by atoms with Crippen LogP contribution in [-0.4, -0.2) is 23.7 Å². The molecule has 21 heavy (non-hydrogen) atoms. The van der Waals surface area contributed by atoms with E-state index in [-0.39, 0.29) is 12.0 Å². The van der Waals surface area contributed by atoms with E-state index in [2.05, 4.69) is 10.6 Å². The van der Waals surface area contributed by atoms with Crippen LogP contribution in [0.2, 0.25) is 0 Å². The summed E-state index contributed by atoms with van der Waals surface area (Å²) in [7, 11) is 0. The number of unbranched alkanes of at least 4 members (excludes halogenated alkanes) is 2. The molecule has 0 atom stereocenters. The van der Waals surface area contributed by atoms with Crippen LogP contribution in [0, 0.1) is 18.6 Å². The van der Waals surface area contributed by atoms with Crippen LogP contribution in [-0.2, 0) is 4.79 Å². The molecule has 0 aliphatic rings. The Balaban J connectivity index is 2.35. The van der Waals surface area contributed by atoms with Gasteiger partial charge in [0.2, 0.25) is 0 Å². The van der Waals surface area contributed by atoms with Gasteiger partial charge in [-0.05, 0) is 31.4 Å². The number of nitrogens with one attached hydrogen (secondary N) is 2. The number of anilines is 1. The van der Waals surface area contributed by atoms with Gasteiger partial charge in [0.15, 0.2) is 5.82 Å². The van der Waals surface area contributed by atoms with Crippen LogP contribution in [0.15, 0.2) is 12.1 Å². The van der Waals surface area contributed by atoms with Crippen LogP contribution >= 0.6 is 0 Å². The van der Waals surface area contributed by atoms with E-state index in [1.165, 1.54) is 13.0 Å². The van der Waals surface area contributed by atoms with Crippen molar-refractivity contribution in [2.75, 3.05) is 11.9 Å². The molecule has 0 aliphatic heterocycles. The van der Waals surface area contributed by atoms with Crippen LogP contribution in [0.3, 0.4) is 0 Å². The Labute approximate surface area is 121 Å². The summed E-state index contributed by atoms with van der Waals surface area (Å²) in [5.74, 6) is -2.49. The molecule has 0 bridgehead atoms. The molecule has 0 fully saturated rings. The zero-order valence-electron chi connectivity index (χ0n) is 11.7. The Hall–Kier alpha value is -2.18. The summed E-state index contributed by atoms with van der Waals surface area (Å²) < 4.78 is 27.1. The molecule has 3 N–H and O–H groups in total. The fraction of sp³-hybridized carbons (Fsp3) is 0.429. The number of halogens is 2. The van der Waals surface area contributed by atoms with Crippen molar-refractivity contribution in [1.82, 2.24) is 5.32 Å². The predicted molar refractivity (Wildman–Crippen MR) is 74.2 cm³/mol. The Morgan fingerprint density at radius 3 is 2.57 bits per heavy atom. The molecule has 0 unspecified atom stereocenters. The summed E-state index contributed by atoms with van der Waals surface area (Å²) in [5.41, 5.74) is -0.237. The van der Waals surface area contributed by atoms with Crippen molar-refractivity contribution in [3.05, 3.63) is 29.3 Å². The van der Waals surface area contributed by atoms with E-state index in [4.69, 9.17) is 5.11 Å². The molecule has 0 aliphatic carbocycles. The van der Waals surface area contributed by atoms with Crippen molar-refractivity contribution in [1.29, 1.82) is 0 Å². The Morgan fingerprint density at radius 2 is 1.90 bits per heavy atom. The molecule has 1 aromatic rings. The molecule has 0 spiro atoms. The van der Waals surface area contributed by atoms with Gasteiger partial charge in [-0.2, -0.15) is 0 Å². The number of carboxylic acids is 1. The Bertz CT molecular complexity index is 521. The van der Waals surface area contributed by atoms with Crippen molar-refractivity contribution in [3.63, 3.8) is 0 Å². The summed E-state index contributed by atoms with van der Waals surface area (Å²) in [6.45, 7) is 1.78. The van der Waals surface area contributed by atoms with E-state index >= 15 is 0 Å². The lowest BCUT2D eigenvalue weighted by molar-refractivity contribution is -0.137. The van der Waals surface area contributed by atoms with Gasteiger partial charge in [-0.3, -0.25) is 4.79 Å². The van der Waals surface area contributed by atoms with Crippen molar-refractivity contribution in [3.8, 4) is 0 Å². The zero-order valence-corrected chi connectivity index (χ0v) is 11.7. The van der Waals surface area contributed by atoms with Gasteiger partial charge in [-0.15, -0.1) is 0 Å². The Kier molecular flexibility index (Phi) is 6.58.